The molecule has 0 saturated heterocycles. The smallest absolute Gasteiger partial charge is 0.321 e. The largest absolute Gasteiger partial charge is 0.353 e. The van der Waals surface area contributed by atoms with Crippen molar-refractivity contribution in [3.63, 3.8) is 0 Å². The minimum Gasteiger partial charge on any atom is -0.353 e. The molecule has 2 amide bonds. The lowest BCUT2D eigenvalue weighted by molar-refractivity contribution is 0.251. The van der Waals surface area contributed by atoms with Crippen molar-refractivity contribution in [3.8, 4) is 10.4 Å². The van der Waals surface area contributed by atoms with Gasteiger partial charge in [0.1, 0.15) is 0 Å². The number of carbonyl (C=O) groups excluding carboxylic acids is 1. The van der Waals surface area contributed by atoms with Gasteiger partial charge >= 0.3 is 6.03 Å². The first kappa shape index (κ1) is 16.3. The van der Waals surface area contributed by atoms with Gasteiger partial charge in [0.2, 0.25) is 0 Å². The zero-order valence-corrected chi connectivity index (χ0v) is 14.6. The first-order chi connectivity index (χ1) is 11.6. The Morgan fingerprint density at radius 2 is 2.04 bits per heavy atom. The molecule has 0 spiro atoms. The van der Waals surface area contributed by atoms with Gasteiger partial charge in [0.25, 0.3) is 0 Å². The summed E-state index contributed by atoms with van der Waals surface area (Å²) in [5, 5.41) is 6.22. The Bertz CT molecular complexity index is 823. The van der Waals surface area contributed by atoms with E-state index in [0.717, 1.165) is 17.0 Å². The molecule has 124 valence electrons. The van der Waals surface area contributed by atoms with Crippen LogP contribution < -0.4 is 10.6 Å². The standard InChI is InChI=1S/C18H20N4OS/c1-13-5-6-15(14(2)11-13)16-12-20-18(24-16)21-17(23)19-7-10-22-8-3-4-9-22/h3-6,8-9,11-12H,7,10H2,1-2H3,(H2,19,20,21,23). The third-order valence-corrected chi connectivity index (χ3v) is 4.64. The first-order valence-electron chi connectivity index (χ1n) is 7.81. The van der Waals surface area contributed by atoms with Gasteiger partial charge in [-0.05, 0) is 37.1 Å². The molecule has 0 unspecified atom stereocenters. The van der Waals surface area contributed by atoms with Crippen LogP contribution in [0.4, 0.5) is 9.93 Å². The van der Waals surface area contributed by atoms with E-state index < -0.39 is 0 Å². The highest BCUT2D eigenvalue weighted by molar-refractivity contribution is 7.19. The number of amides is 2. The molecule has 0 atom stereocenters. The number of anilines is 1. The average molecular weight is 340 g/mol. The number of hydrogen-bond acceptors (Lipinski definition) is 3. The van der Waals surface area contributed by atoms with Gasteiger partial charge in [-0.25, -0.2) is 9.78 Å². The summed E-state index contributed by atoms with van der Waals surface area (Å²) >= 11 is 1.48. The second kappa shape index (κ2) is 7.31. The van der Waals surface area contributed by atoms with E-state index in [2.05, 4.69) is 47.7 Å². The highest BCUT2D eigenvalue weighted by Crippen LogP contribution is 2.31. The lowest BCUT2D eigenvalue weighted by atomic mass is 10.1. The Balaban J connectivity index is 1.56. The van der Waals surface area contributed by atoms with Crippen LogP contribution in [0.5, 0.6) is 0 Å². The van der Waals surface area contributed by atoms with E-state index in [1.807, 2.05) is 29.1 Å². The molecule has 1 aromatic carbocycles. The van der Waals surface area contributed by atoms with E-state index in [1.54, 1.807) is 6.20 Å². The van der Waals surface area contributed by atoms with Crippen LogP contribution in [0.3, 0.4) is 0 Å². The van der Waals surface area contributed by atoms with Crippen molar-refractivity contribution in [3.05, 3.63) is 60.0 Å². The molecule has 2 aromatic heterocycles. The molecular weight excluding hydrogens is 320 g/mol. The molecule has 0 aliphatic rings. The fourth-order valence-corrected chi connectivity index (χ4v) is 3.41. The Morgan fingerprint density at radius 1 is 1.25 bits per heavy atom. The fraction of sp³-hybridized carbons (Fsp3) is 0.222. The van der Waals surface area contributed by atoms with Gasteiger partial charge in [0.05, 0.1) is 4.88 Å². The van der Waals surface area contributed by atoms with Crippen molar-refractivity contribution >= 4 is 22.5 Å². The topological polar surface area (TPSA) is 59.0 Å². The molecule has 24 heavy (non-hydrogen) atoms. The van der Waals surface area contributed by atoms with E-state index in [0.29, 0.717) is 11.7 Å². The van der Waals surface area contributed by atoms with Crippen LogP contribution in [-0.2, 0) is 6.54 Å². The Hall–Kier alpha value is -2.60. The van der Waals surface area contributed by atoms with Gasteiger partial charge in [-0.3, -0.25) is 5.32 Å². The minimum atomic E-state index is -0.233. The maximum atomic E-state index is 11.9. The molecular formula is C18H20N4OS. The predicted molar refractivity (Wildman–Crippen MR) is 98.5 cm³/mol. The van der Waals surface area contributed by atoms with Gasteiger partial charge in [-0.15, -0.1) is 0 Å². The quantitative estimate of drug-likeness (QED) is 0.736. The third-order valence-electron chi connectivity index (χ3n) is 3.70. The summed E-state index contributed by atoms with van der Waals surface area (Å²) in [5.74, 6) is 0. The lowest BCUT2D eigenvalue weighted by Gasteiger charge is -2.06. The summed E-state index contributed by atoms with van der Waals surface area (Å²) in [6.07, 6.45) is 5.74. The van der Waals surface area contributed by atoms with E-state index >= 15 is 0 Å². The van der Waals surface area contributed by atoms with Crippen molar-refractivity contribution in [1.29, 1.82) is 0 Å². The third kappa shape index (κ3) is 4.02. The number of hydrogen-bond donors (Lipinski definition) is 2. The predicted octanol–water partition coefficient (Wildman–Crippen LogP) is 4.05. The minimum absolute atomic E-state index is 0.233. The van der Waals surface area contributed by atoms with Crippen LogP contribution in [-0.4, -0.2) is 22.1 Å². The number of carbonyl (C=O) groups is 1. The summed E-state index contributed by atoms with van der Waals surface area (Å²) in [6, 6.07) is 10.0. The Kier molecular flexibility index (Phi) is 4.96. The van der Waals surface area contributed by atoms with E-state index in [9.17, 15) is 4.79 Å². The molecule has 2 heterocycles. The van der Waals surface area contributed by atoms with E-state index in [-0.39, 0.29) is 6.03 Å². The molecule has 0 saturated carbocycles. The van der Waals surface area contributed by atoms with Crippen molar-refractivity contribution in [2.24, 2.45) is 0 Å². The number of aromatic nitrogens is 2. The number of urea groups is 1. The molecule has 3 aromatic rings. The van der Waals surface area contributed by atoms with Crippen LogP contribution in [0.25, 0.3) is 10.4 Å². The maximum absolute atomic E-state index is 11.9. The van der Waals surface area contributed by atoms with Crippen LogP contribution >= 0.6 is 11.3 Å². The van der Waals surface area contributed by atoms with Gasteiger partial charge in [0, 0.05) is 31.7 Å². The van der Waals surface area contributed by atoms with Gasteiger partial charge < -0.3 is 9.88 Å². The molecule has 2 N–H and O–H groups in total. The maximum Gasteiger partial charge on any atom is 0.321 e. The summed E-state index contributed by atoms with van der Waals surface area (Å²) in [7, 11) is 0. The van der Waals surface area contributed by atoms with Crippen molar-refractivity contribution in [2.75, 3.05) is 11.9 Å². The zero-order valence-electron chi connectivity index (χ0n) is 13.7. The summed E-state index contributed by atoms with van der Waals surface area (Å²) in [4.78, 5) is 17.3. The number of aryl methyl sites for hydroxylation is 2. The molecule has 0 bridgehead atoms. The number of nitrogens with zero attached hydrogens (tertiary/aromatic N) is 2. The average Bonchev–Trinajstić information content (AvgIpc) is 3.19. The van der Waals surface area contributed by atoms with Gasteiger partial charge in [-0.2, -0.15) is 0 Å². The molecule has 0 aliphatic heterocycles. The van der Waals surface area contributed by atoms with Crippen LogP contribution in [0.1, 0.15) is 11.1 Å². The monoisotopic (exact) mass is 340 g/mol. The Labute approximate surface area is 145 Å². The molecule has 3 rings (SSSR count). The zero-order chi connectivity index (χ0) is 16.9. The van der Waals surface area contributed by atoms with Crippen molar-refractivity contribution in [2.45, 2.75) is 20.4 Å². The van der Waals surface area contributed by atoms with Crippen molar-refractivity contribution < 1.29 is 4.79 Å². The highest BCUT2D eigenvalue weighted by atomic mass is 32.1. The number of thiazole rings is 1. The summed E-state index contributed by atoms with van der Waals surface area (Å²) in [5.41, 5.74) is 3.60. The van der Waals surface area contributed by atoms with Crippen molar-refractivity contribution in [1.82, 2.24) is 14.9 Å². The number of rotatable bonds is 5. The SMILES string of the molecule is Cc1ccc(-c2cnc(NC(=O)NCCn3cccc3)s2)c(C)c1. The van der Waals surface area contributed by atoms with Gasteiger partial charge in [0.15, 0.2) is 5.13 Å². The summed E-state index contributed by atoms with van der Waals surface area (Å²) < 4.78 is 2.02. The first-order valence-corrected chi connectivity index (χ1v) is 8.62. The molecule has 6 heteroatoms. The second-order valence-corrected chi connectivity index (χ2v) is 6.68. The van der Waals surface area contributed by atoms with Crippen LogP contribution in [0.15, 0.2) is 48.9 Å². The Morgan fingerprint density at radius 3 is 2.79 bits per heavy atom. The molecule has 0 radical (unpaired) electrons. The molecule has 5 nitrogen and oxygen atoms in total. The summed E-state index contributed by atoms with van der Waals surface area (Å²) in [6.45, 7) is 5.47. The number of benzene rings is 1. The van der Waals surface area contributed by atoms with Gasteiger partial charge in [-0.1, -0.05) is 35.1 Å². The van der Waals surface area contributed by atoms with Crippen LogP contribution in [0, 0.1) is 13.8 Å². The normalized spacial score (nSPS) is 10.6. The fourth-order valence-electron chi connectivity index (χ4n) is 2.51. The molecule has 0 aliphatic carbocycles. The van der Waals surface area contributed by atoms with Crippen LogP contribution in [0.2, 0.25) is 0 Å². The molecule has 0 fully saturated rings. The van der Waals surface area contributed by atoms with E-state index in [1.165, 1.54) is 22.5 Å². The lowest BCUT2D eigenvalue weighted by Crippen LogP contribution is -2.31. The van der Waals surface area contributed by atoms with E-state index in [4.69, 9.17) is 0 Å². The second-order valence-electron chi connectivity index (χ2n) is 5.65. The number of nitrogens with one attached hydrogen (secondary N) is 2. The highest BCUT2D eigenvalue weighted by Gasteiger charge is 2.09.